The number of nitrogens with zero attached hydrogens (tertiary/aromatic N) is 5. The van der Waals surface area contributed by atoms with Crippen LogP contribution in [0.4, 0.5) is 5.82 Å². The lowest BCUT2D eigenvalue weighted by atomic mass is 10.2. The average Bonchev–Trinajstić information content (AvgIpc) is 3.42. The molecule has 1 N–H and O–H groups in total. The summed E-state index contributed by atoms with van der Waals surface area (Å²) >= 11 is 1.68. The maximum absolute atomic E-state index is 4.74. The smallest absolute Gasteiger partial charge is 0.185 e. The van der Waals surface area contributed by atoms with Crippen LogP contribution in [0.2, 0.25) is 0 Å². The van der Waals surface area contributed by atoms with Gasteiger partial charge in [-0.1, -0.05) is 60.7 Å². The summed E-state index contributed by atoms with van der Waals surface area (Å²) < 4.78 is 1.77. The Labute approximate surface area is 171 Å². The van der Waals surface area contributed by atoms with Gasteiger partial charge in [0.05, 0.1) is 5.69 Å². The normalized spacial score (nSPS) is 11.0. The minimum atomic E-state index is 0.724. The van der Waals surface area contributed by atoms with E-state index in [1.807, 2.05) is 60.7 Å². The molecular weight excluding hydrogens is 380 g/mol. The molecule has 2 aromatic carbocycles. The second-order valence-electron chi connectivity index (χ2n) is 6.57. The van der Waals surface area contributed by atoms with E-state index in [-0.39, 0.29) is 0 Å². The maximum atomic E-state index is 4.74. The van der Waals surface area contributed by atoms with E-state index in [0.29, 0.717) is 0 Å². The number of aromatic nitrogens is 5. The van der Waals surface area contributed by atoms with Gasteiger partial charge in [-0.3, -0.25) is 0 Å². The van der Waals surface area contributed by atoms with Gasteiger partial charge in [0.2, 0.25) is 0 Å². The van der Waals surface area contributed by atoms with Gasteiger partial charge in [-0.05, 0) is 12.1 Å². The van der Waals surface area contributed by atoms with Gasteiger partial charge in [-0.15, -0.1) is 26.6 Å². The van der Waals surface area contributed by atoms with Crippen LogP contribution in [-0.2, 0) is 6.42 Å². The summed E-state index contributed by atoms with van der Waals surface area (Å²) in [6, 6.07) is 24.1. The zero-order chi connectivity index (χ0) is 19.5. The molecule has 7 heteroatoms. The zero-order valence-corrected chi connectivity index (χ0v) is 16.4. The number of benzene rings is 2. The molecule has 0 radical (unpaired) electrons. The number of hydrogen-bond donors (Lipinski definition) is 1. The molecule has 0 spiro atoms. The van der Waals surface area contributed by atoms with Crippen molar-refractivity contribution in [1.29, 1.82) is 0 Å². The van der Waals surface area contributed by atoms with Crippen LogP contribution in [0.1, 0.15) is 5.69 Å². The molecule has 0 bridgehead atoms. The quantitative estimate of drug-likeness (QED) is 0.454. The Hall–Kier alpha value is -3.58. The fraction of sp³-hybridized carbons (Fsp3) is 0.0909. The Balaban J connectivity index is 1.28. The third-order valence-electron chi connectivity index (χ3n) is 4.55. The van der Waals surface area contributed by atoms with E-state index in [0.717, 1.165) is 52.1 Å². The predicted octanol–water partition coefficient (Wildman–Crippen LogP) is 4.57. The largest absolute Gasteiger partial charge is 0.368 e. The number of nitrogens with one attached hydrogen (secondary N) is 1. The first-order valence-electron chi connectivity index (χ1n) is 9.38. The van der Waals surface area contributed by atoms with Crippen LogP contribution >= 0.6 is 11.3 Å². The van der Waals surface area contributed by atoms with Gasteiger partial charge in [-0.25, -0.2) is 4.98 Å². The highest BCUT2D eigenvalue weighted by Crippen LogP contribution is 2.23. The molecule has 3 aromatic heterocycles. The van der Waals surface area contributed by atoms with Crippen molar-refractivity contribution >= 4 is 22.8 Å². The average molecular weight is 398 g/mol. The first-order valence-corrected chi connectivity index (χ1v) is 10.3. The van der Waals surface area contributed by atoms with Gasteiger partial charge >= 0.3 is 0 Å². The predicted molar refractivity (Wildman–Crippen MR) is 116 cm³/mol. The van der Waals surface area contributed by atoms with E-state index in [4.69, 9.17) is 4.98 Å². The molecule has 5 rings (SSSR count). The van der Waals surface area contributed by atoms with Crippen molar-refractivity contribution in [3.63, 3.8) is 0 Å². The van der Waals surface area contributed by atoms with Crippen LogP contribution in [0, 0.1) is 0 Å². The van der Waals surface area contributed by atoms with E-state index >= 15 is 0 Å². The fourth-order valence-electron chi connectivity index (χ4n) is 3.10. The van der Waals surface area contributed by atoms with Crippen molar-refractivity contribution in [1.82, 2.24) is 24.8 Å². The van der Waals surface area contributed by atoms with Gasteiger partial charge in [0.1, 0.15) is 10.8 Å². The molecule has 0 saturated heterocycles. The molecule has 0 aliphatic heterocycles. The molecule has 0 saturated carbocycles. The Morgan fingerprint density at radius 3 is 2.38 bits per heavy atom. The van der Waals surface area contributed by atoms with Crippen LogP contribution in [0.15, 0.2) is 78.2 Å². The molecule has 0 aliphatic carbocycles. The zero-order valence-electron chi connectivity index (χ0n) is 15.6. The summed E-state index contributed by atoms with van der Waals surface area (Å²) in [5.41, 5.74) is 3.95. The second kappa shape index (κ2) is 7.81. The van der Waals surface area contributed by atoms with Crippen molar-refractivity contribution in [2.75, 3.05) is 11.9 Å². The van der Waals surface area contributed by atoms with Gasteiger partial charge in [0.15, 0.2) is 11.5 Å². The molecule has 0 amide bonds. The first kappa shape index (κ1) is 17.5. The van der Waals surface area contributed by atoms with E-state index in [1.54, 1.807) is 15.9 Å². The summed E-state index contributed by atoms with van der Waals surface area (Å²) in [6.07, 6.45) is 0.830. The van der Waals surface area contributed by atoms with E-state index < -0.39 is 0 Å². The summed E-state index contributed by atoms with van der Waals surface area (Å²) in [4.78, 5) is 4.74. The minimum Gasteiger partial charge on any atom is -0.368 e. The Morgan fingerprint density at radius 2 is 1.59 bits per heavy atom. The number of fused-ring (bicyclic) bond motifs is 1. The number of thiazole rings is 1. The van der Waals surface area contributed by atoms with Crippen LogP contribution in [0.25, 0.3) is 27.6 Å². The van der Waals surface area contributed by atoms with E-state index in [1.165, 1.54) is 0 Å². The Kier molecular flexibility index (Phi) is 4.72. The molecule has 0 aliphatic rings. The monoisotopic (exact) mass is 398 g/mol. The Morgan fingerprint density at radius 1 is 0.828 bits per heavy atom. The lowest BCUT2D eigenvalue weighted by molar-refractivity contribution is 0.908. The molecular formula is C22H18N6S. The second-order valence-corrected chi connectivity index (χ2v) is 7.42. The van der Waals surface area contributed by atoms with Gasteiger partial charge in [0, 0.05) is 29.5 Å². The molecule has 0 atom stereocenters. The third kappa shape index (κ3) is 3.72. The van der Waals surface area contributed by atoms with Crippen LogP contribution in [-0.4, -0.2) is 31.3 Å². The number of hydrogen-bond acceptors (Lipinski definition) is 6. The fourth-order valence-corrected chi connectivity index (χ4v) is 3.96. The summed E-state index contributed by atoms with van der Waals surface area (Å²) in [5.74, 6) is 1.52. The molecule has 5 aromatic rings. The van der Waals surface area contributed by atoms with E-state index in [9.17, 15) is 0 Å². The van der Waals surface area contributed by atoms with Crippen molar-refractivity contribution in [3.8, 4) is 22.0 Å². The van der Waals surface area contributed by atoms with Crippen LogP contribution in [0.3, 0.4) is 0 Å². The molecule has 142 valence electrons. The highest BCUT2D eigenvalue weighted by atomic mass is 32.1. The van der Waals surface area contributed by atoms with Crippen molar-refractivity contribution in [2.45, 2.75) is 6.42 Å². The van der Waals surface area contributed by atoms with Crippen LogP contribution < -0.4 is 5.32 Å². The number of anilines is 1. The molecule has 29 heavy (non-hydrogen) atoms. The SMILES string of the molecule is c1ccc(-c2nc(CCNc3ccc4nnc(-c5ccccc5)n4n3)cs2)cc1. The maximum Gasteiger partial charge on any atom is 0.185 e. The topological polar surface area (TPSA) is 68.0 Å². The summed E-state index contributed by atoms with van der Waals surface area (Å²) in [6.45, 7) is 0.749. The molecule has 0 unspecified atom stereocenters. The van der Waals surface area contributed by atoms with Crippen molar-refractivity contribution < 1.29 is 0 Å². The highest BCUT2D eigenvalue weighted by Gasteiger charge is 2.10. The van der Waals surface area contributed by atoms with Gasteiger partial charge < -0.3 is 5.32 Å². The van der Waals surface area contributed by atoms with Gasteiger partial charge in [0.25, 0.3) is 0 Å². The standard InChI is InChI=1S/C22H18N6S/c1-3-7-16(8-4-1)21-26-25-20-12-11-19(27-28(20)21)23-14-13-18-15-29-22(24-18)17-9-5-2-6-10-17/h1-12,15H,13-14H2,(H,23,27). The summed E-state index contributed by atoms with van der Waals surface area (Å²) in [7, 11) is 0. The van der Waals surface area contributed by atoms with Crippen molar-refractivity contribution in [2.24, 2.45) is 0 Å². The van der Waals surface area contributed by atoms with Crippen molar-refractivity contribution in [3.05, 3.63) is 83.9 Å². The first-order chi connectivity index (χ1) is 14.4. The lowest BCUT2D eigenvalue weighted by Crippen LogP contribution is -2.08. The third-order valence-corrected chi connectivity index (χ3v) is 5.49. The minimum absolute atomic E-state index is 0.724. The molecule has 3 heterocycles. The van der Waals surface area contributed by atoms with E-state index in [2.05, 4.69) is 38.1 Å². The lowest BCUT2D eigenvalue weighted by Gasteiger charge is -2.05. The number of rotatable bonds is 6. The highest BCUT2D eigenvalue weighted by molar-refractivity contribution is 7.13. The van der Waals surface area contributed by atoms with Crippen LogP contribution in [0.5, 0.6) is 0 Å². The molecule has 6 nitrogen and oxygen atoms in total. The Bertz CT molecular complexity index is 1230. The van der Waals surface area contributed by atoms with Gasteiger partial charge in [-0.2, -0.15) is 4.52 Å². The summed E-state index contributed by atoms with van der Waals surface area (Å²) in [5, 5.41) is 19.7. The molecule has 0 fully saturated rings.